The molecule has 0 aromatic heterocycles. The van der Waals surface area contributed by atoms with Gasteiger partial charge in [0.25, 0.3) is 0 Å². The number of hydrazine groups is 1. The zero-order valence-corrected chi connectivity index (χ0v) is 16.7. The van der Waals surface area contributed by atoms with Crippen LogP contribution in [0.2, 0.25) is 5.02 Å². The Morgan fingerprint density at radius 1 is 1.23 bits per heavy atom. The molecule has 0 unspecified atom stereocenters. The Kier molecular flexibility index (Phi) is 8.28. The smallest absolute Gasteiger partial charge is 0.398 e. The number of aliphatic hydroxyl groups excluding tert-OH is 1. The van der Waals surface area contributed by atoms with E-state index in [1.807, 2.05) is 0 Å². The summed E-state index contributed by atoms with van der Waals surface area (Å²) >= 11 is 6.27. The second-order valence-corrected chi connectivity index (χ2v) is 6.59. The fourth-order valence-electron chi connectivity index (χ4n) is 2.58. The molecule has 0 aliphatic carbocycles. The van der Waals surface area contributed by atoms with Crippen LogP contribution >= 0.6 is 11.6 Å². The van der Waals surface area contributed by atoms with Crippen molar-refractivity contribution in [2.45, 2.75) is 19.6 Å². The highest BCUT2D eigenvalue weighted by Crippen LogP contribution is 2.29. The number of nitrogens with one attached hydrogen (secondary N) is 1. The van der Waals surface area contributed by atoms with Gasteiger partial charge in [-0.15, -0.1) is 0 Å². The SMILES string of the molecule is CCOC(=O)C(=O)NN(Cc1cc(F)c(-c2ccccc2)cc1Cl)C[C@@H](O)C(=O)O. The number of hydrogen-bond donors (Lipinski definition) is 3. The van der Waals surface area contributed by atoms with E-state index in [-0.39, 0.29) is 29.3 Å². The molecule has 2 aromatic carbocycles. The third-order valence-electron chi connectivity index (χ3n) is 3.98. The van der Waals surface area contributed by atoms with Crippen LogP contribution in [0.25, 0.3) is 11.1 Å². The first kappa shape index (κ1) is 23.3. The average Bonchev–Trinajstić information content (AvgIpc) is 2.71. The summed E-state index contributed by atoms with van der Waals surface area (Å²) in [6.07, 6.45) is -1.88. The molecule has 0 saturated heterocycles. The first-order valence-electron chi connectivity index (χ1n) is 8.89. The lowest BCUT2D eigenvalue weighted by atomic mass is 10.0. The molecule has 0 fully saturated rings. The highest BCUT2D eigenvalue weighted by Gasteiger charge is 2.24. The van der Waals surface area contributed by atoms with E-state index in [1.165, 1.54) is 13.0 Å². The maximum atomic E-state index is 14.7. The van der Waals surface area contributed by atoms with E-state index in [9.17, 15) is 23.9 Å². The second kappa shape index (κ2) is 10.7. The lowest BCUT2D eigenvalue weighted by Crippen LogP contribution is -2.49. The molecule has 0 aliphatic heterocycles. The lowest BCUT2D eigenvalue weighted by Gasteiger charge is -2.24. The van der Waals surface area contributed by atoms with Gasteiger partial charge in [0, 0.05) is 17.1 Å². The minimum atomic E-state index is -1.88. The largest absolute Gasteiger partial charge is 0.479 e. The van der Waals surface area contributed by atoms with E-state index in [0.29, 0.717) is 5.56 Å². The average molecular weight is 439 g/mol. The van der Waals surface area contributed by atoms with Gasteiger partial charge in [0.15, 0.2) is 6.10 Å². The molecule has 0 radical (unpaired) electrons. The fraction of sp³-hybridized carbons (Fsp3) is 0.250. The Morgan fingerprint density at radius 2 is 1.90 bits per heavy atom. The van der Waals surface area contributed by atoms with Gasteiger partial charge in [-0.2, -0.15) is 0 Å². The summed E-state index contributed by atoms with van der Waals surface area (Å²) in [4.78, 5) is 34.4. The second-order valence-electron chi connectivity index (χ2n) is 6.19. The number of carbonyl (C=O) groups is 3. The highest BCUT2D eigenvalue weighted by atomic mass is 35.5. The number of aliphatic carboxylic acids is 1. The van der Waals surface area contributed by atoms with Gasteiger partial charge in [-0.05, 0) is 30.2 Å². The quantitative estimate of drug-likeness (QED) is 0.328. The Balaban J connectivity index is 2.27. The number of nitrogens with zero attached hydrogens (tertiary/aromatic N) is 1. The van der Waals surface area contributed by atoms with Gasteiger partial charge in [-0.1, -0.05) is 41.9 Å². The van der Waals surface area contributed by atoms with Crippen LogP contribution in [0.1, 0.15) is 12.5 Å². The van der Waals surface area contributed by atoms with Crippen LogP contribution in [-0.4, -0.2) is 52.3 Å². The minimum absolute atomic E-state index is 0.0397. The topological polar surface area (TPSA) is 116 Å². The van der Waals surface area contributed by atoms with Crippen molar-refractivity contribution in [3.63, 3.8) is 0 Å². The van der Waals surface area contributed by atoms with Crippen LogP contribution in [0.4, 0.5) is 4.39 Å². The normalized spacial score (nSPS) is 11.8. The molecule has 1 atom stereocenters. The Morgan fingerprint density at radius 3 is 2.50 bits per heavy atom. The standard InChI is InChI=1S/C20H20ClFN2O6/c1-2-30-20(29)18(26)23-24(11-17(25)19(27)28)10-13-8-16(22)14(9-15(13)21)12-6-4-3-5-7-12/h3-9,17,25H,2,10-11H2,1H3,(H,23,26)(H,27,28)/t17-/m1/s1. The number of benzene rings is 2. The molecule has 10 heteroatoms. The number of halogens is 2. The van der Waals surface area contributed by atoms with Gasteiger partial charge in [-0.25, -0.2) is 19.0 Å². The van der Waals surface area contributed by atoms with E-state index in [1.54, 1.807) is 30.3 Å². The summed E-state index contributed by atoms with van der Waals surface area (Å²) in [6.45, 7) is 0.606. The minimum Gasteiger partial charge on any atom is -0.479 e. The Bertz CT molecular complexity index is 925. The molecule has 3 N–H and O–H groups in total. The molecule has 0 spiro atoms. The van der Waals surface area contributed by atoms with Crippen LogP contribution in [-0.2, 0) is 25.7 Å². The van der Waals surface area contributed by atoms with E-state index < -0.39 is 36.3 Å². The lowest BCUT2D eigenvalue weighted by molar-refractivity contribution is -0.158. The number of carboxylic acids is 1. The van der Waals surface area contributed by atoms with Crippen molar-refractivity contribution in [1.82, 2.24) is 10.4 Å². The third kappa shape index (κ3) is 6.24. The molecule has 0 bridgehead atoms. The summed E-state index contributed by atoms with van der Waals surface area (Å²) in [5.41, 5.74) is 3.22. The maximum Gasteiger partial charge on any atom is 0.398 e. The highest BCUT2D eigenvalue weighted by molar-refractivity contribution is 6.32. The summed E-state index contributed by atoms with van der Waals surface area (Å²) < 4.78 is 19.2. The van der Waals surface area contributed by atoms with E-state index in [4.69, 9.17) is 16.7 Å². The van der Waals surface area contributed by atoms with E-state index >= 15 is 0 Å². The fourth-order valence-corrected chi connectivity index (χ4v) is 2.80. The predicted octanol–water partition coefficient (Wildman–Crippen LogP) is 1.99. The molecule has 8 nitrogen and oxygen atoms in total. The van der Waals surface area contributed by atoms with Crippen LogP contribution in [0.3, 0.4) is 0 Å². The first-order chi connectivity index (χ1) is 14.2. The van der Waals surface area contributed by atoms with Crippen LogP contribution in [0, 0.1) is 5.82 Å². The van der Waals surface area contributed by atoms with Gasteiger partial charge in [0.05, 0.1) is 13.2 Å². The number of carboxylic acid groups (broad SMARTS) is 1. The number of amides is 1. The van der Waals surface area contributed by atoms with Crippen molar-refractivity contribution < 1.29 is 33.7 Å². The van der Waals surface area contributed by atoms with Crippen molar-refractivity contribution in [1.29, 1.82) is 0 Å². The molecule has 0 saturated carbocycles. The van der Waals surface area contributed by atoms with Crippen LogP contribution < -0.4 is 5.43 Å². The molecule has 160 valence electrons. The number of hydrogen-bond acceptors (Lipinski definition) is 6. The van der Waals surface area contributed by atoms with Crippen LogP contribution in [0.5, 0.6) is 0 Å². The zero-order valence-electron chi connectivity index (χ0n) is 16.0. The molecule has 0 aliphatic rings. The van der Waals surface area contributed by atoms with Crippen molar-refractivity contribution in [2.24, 2.45) is 0 Å². The van der Waals surface area contributed by atoms with Gasteiger partial charge in [0.1, 0.15) is 5.82 Å². The van der Waals surface area contributed by atoms with Crippen molar-refractivity contribution in [2.75, 3.05) is 13.2 Å². The zero-order chi connectivity index (χ0) is 22.3. The molecule has 2 rings (SSSR count). The predicted molar refractivity (Wildman–Crippen MR) is 106 cm³/mol. The van der Waals surface area contributed by atoms with Gasteiger partial charge in [0.2, 0.25) is 0 Å². The molecular formula is C20H20ClFN2O6. The Labute approximate surface area is 176 Å². The molecule has 2 aromatic rings. The van der Waals surface area contributed by atoms with Gasteiger partial charge >= 0.3 is 17.8 Å². The van der Waals surface area contributed by atoms with E-state index in [0.717, 1.165) is 11.1 Å². The monoisotopic (exact) mass is 438 g/mol. The van der Waals surface area contributed by atoms with Crippen molar-refractivity contribution in [3.8, 4) is 11.1 Å². The molecule has 1 amide bonds. The van der Waals surface area contributed by atoms with Gasteiger partial charge < -0.3 is 14.9 Å². The summed E-state index contributed by atoms with van der Waals surface area (Å²) in [5.74, 6) is -4.49. The number of carbonyl (C=O) groups excluding carboxylic acids is 2. The third-order valence-corrected chi connectivity index (χ3v) is 4.33. The number of aliphatic hydroxyl groups is 1. The first-order valence-corrected chi connectivity index (χ1v) is 9.27. The number of esters is 1. The molecule has 0 heterocycles. The van der Waals surface area contributed by atoms with Crippen molar-refractivity contribution >= 4 is 29.4 Å². The summed E-state index contributed by atoms with van der Waals surface area (Å²) in [6, 6.07) is 11.2. The molecular weight excluding hydrogens is 419 g/mol. The number of ether oxygens (including phenoxy) is 1. The number of rotatable bonds is 8. The summed E-state index contributed by atoms with van der Waals surface area (Å²) in [5, 5.41) is 19.6. The van der Waals surface area contributed by atoms with Gasteiger partial charge in [-0.3, -0.25) is 10.2 Å². The van der Waals surface area contributed by atoms with Crippen molar-refractivity contribution in [3.05, 3.63) is 58.9 Å². The van der Waals surface area contributed by atoms with Crippen LogP contribution in [0.15, 0.2) is 42.5 Å². The Hall–Kier alpha value is -3.01. The summed E-state index contributed by atoms with van der Waals surface area (Å²) in [7, 11) is 0. The molecule has 30 heavy (non-hydrogen) atoms. The van der Waals surface area contributed by atoms with E-state index in [2.05, 4.69) is 10.2 Å². The maximum absolute atomic E-state index is 14.7.